The first-order valence-corrected chi connectivity index (χ1v) is 8.91. The minimum atomic E-state index is -4.92. The van der Waals surface area contributed by atoms with Gasteiger partial charge in [-0.2, -0.15) is 13.2 Å². The lowest BCUT2D eigenvalue weighted by Crippen LogP contribution is -2.46. The number of pyridine rings is 1. The maximum Gasteiger partial charge on any atom is 0.422 e. The van der Waals surface area contributed by atoms with E-state index in [4.69, 9.17) is 11.6 Å². The van der Waals surface area contributed by atoms with Crippen LogP contribution >= 0.6 is 27.5 Å². The van der Waals surface area contributed by atoms with Crippen molar-refractivity contribution in [3.05, 3.63) is 75.4 Å². The summed E-state index contributed by atoms with van der Waals surface area (Å²) >= 11 is 9.37. The van der Waals surface area contributed by atoms with Crippen LogP contribution in [-0.2, 0) is 5.60 Å². The number of benzene rings is 2. The molecule has 0 saturated heterocycles. The molecule has 0 aliphatic rings. The number of halogens is 5. The molecule has 2 unspecified atom stereocenters. The van der Waals surface area contributed by atoms with E-state index in [0.29, 0.717) is 15.4 Å². The molecule has 0 bridgehead atoms. The lowest BCUT2D eigenvalue weighted by atomic mass is 9.78. The van der Waals surface area contributed by atoms with Crippen molar-refractivity contribution in [2.45, 2.75) is 24.6 Å². The van der Waals surface area contributed by atoms with Crippen LogP contribution in [0.3, 0.4) is 0 Å². The normalized spacial score (nSPS) is 15.7. The number of fused-ring (bicyclic) bond motifs is 1. The molecule has 2 aromatic carbocycles. The summed E-state index contributed by atoms with van der Waals surface area (Å²) in [5.41, 5.74) is -2.71. The van der Waals surface area contributed by atoms with Gasteiger partial charge in [-0.1, -0.05) is 58.7 Å². The average molecular weight is 445 g/mol. The van der Waals surface area contributed by atoms with E-state index in [9.17, 15) is 18.3 Å². The van der Waals surface area contributed by atoms with Crippen LogP contribution in [0, 0.1) is 0 Å². The molecule has 0 aliphatic carbocycles. The smallest absolute Gasteiger partial charge is 0.376 e. The van der Waals surface area contributed by atoms with E-state index < -0.39 is 17.7 Å². The Morgan fingerprint density at radius 1 is 1.12 bits per heavy atom. The number of aliphatic hydroxyl groups is 1. The summed E-state index contributed by atoms with van der Waals surface area (Å²) in [6, 6.07) is 12.7. The number of alkyl halides is 3. The van der Waals surface area contributed by atoms with Crippen LogP contribution in [0.2, 0.25) is 5.02 Å². The van der Waals surface area contributed by atoms with E-state index in [2.05, 4.69) is 20.9 Å². The molecule has 0 aliphatic heterocycles. The van der Waals surface area contributed by atoms with Crippen molar-refractivity contribution in [1.82, 2.24) is 4.98 Å². The number of hydrogen-bond donors (Lipinski definition) is 1. The summed E-state index contributed by atoms with van der Waals surface area (Å²) in [6.45, 7) is 1.30. The Hall–Kier alpha value is -1.63. The maximum atomic E-state index is 14.0. The topological polar surface area (TPSA) is 33.1 Å². The van der Waals surface area contributed by atoms with Crippen LogP contribution in [-0.4, -0.2) is 16.3 Å². The van der Waals surface area contributed by atoms with E-state index in [1.165, 1.54) is 25.1 Å². The Labute approximate surface area is 161 Å². The van der Waals surface area contributed by atoms with E-state index in [0.717, 1.165) is 6.20 Å². The van der Waals surface area contributed by atoms with Crippen molar-refractivity contribution in [2.75, 3.05) is 0 Å². The van der Waals surface area contributed by atoms with E-state index in [-0.39, 0.29) is 16.1 Å². The fourth-order valence-electron chi connectivity index (χ4n) is 3.02. The molecule has 0 fully saturated rings. The van der Waals surface area contributed by atoms with Gasteiger partial charge in [-0.05, 0) is 29.8 Å². The van der Waals surface area contributed by atoms with Gasteiger partial charge in [-0.25, -0.2) is 0 Å². The van der Waals surface area contributed by atoms with Crippen molar-refractivity contribution in [3.8, 4) is 0 Å². The summed E-state index contributed by atoms with van der Waals surface area (Å²) in [4.78, 5) is 4.07. The van der Waals surface area contributed by atoms with Crippen molar-refractivity contribution >= 4 is 38.4 Å². The Morgan fingerprint density at radius 3 is 2.46 bits per heavy atom. The largest absolute Gasteiger partial charge is 0.422 e. The third-order valence-corrected chi connectivity index (χ3v) is 5.34. The van der Waals surface area contributed by atoms with E-state index >= 15 is 0 Å². The molecule has 0 spiro atoms. The second-order valence-corrected chi connectivity index (χ2v) is 7.39. The van der Waals surface area contributed by atoms with Crippen LogP contribution in [0.15, 0.2) is 59.2 Å². The lowest BCUT2D eigenvalue weighted by molar-refractivity contribution is -0.274. The Bertz CT molecular complexity index is 963. The highest BCUT2D eigenvalue weighted by atomic mass is 79.9. The molecular formula is C19H14BrClF3NO. The lowest BCUT2D eigenvalue weighted by Gasteiger charge is -2.36. The summed E-state index contributed by atoms with van der Waals surface area (Å²) in [5, 5.41) is 11.5. The second kappa shape index (κ2) is 6.83. The molecule has 7 heteroatoms. The highest BCUT2D eigenvalue weighted by Gasteiger charge is 2.59. The zero-order valence-electron chi connectivity index (χ0n) is 13.6. The first-order valence-electron chi connectivity index (χ1n) is 7.74. The van der Waals surface area contributed by atoms with Crippen LogP contribution < -0.4 is 0 Å². The minimum absolute atomic E-state index is 0.142. The first-order chi connectivity index (χ1) is 12.1. The van der Waals surface area contributed by atoms with Crippen molar-refractivity contribution < 1.29 is 18.3 Å². The van der Waals surface area contributed by atoms with Crippen molar-refractivity contribution in [2.24, 2.45) is 0 Å². The van der Waals surface area contributed by atoms with Gasteiger partial charge < -0.3 is 5.11 Å². The molecule has 2 nitrogen and oxygen atoms in total. The summed E-state index contributed by atoms with van der Waals surface area (Å²) in [6.07, 6.45) is -3.86. The van der Waals surface area contributed by atoms with Crippen LogP contribution in [0.25, 0.3) is 10.9 Å². The molecule has 136 valence electrons. The van der Waals surface area contributed by atoms with Crippen LogP contribution in [0.1, 0.15) is 24.0 Å². The zero-order valence-corrected chi connectivity index (χ0v) is 15.9. The van der Waals surface area contributed by atoms with Gasteiger partial charge in [-0.3, -0.25) is 4.98 Å². The van der Waals surface area contributed by atoms with Crippen molar-refractivity contribution in [1.29, 1.82) is 0 Å². The molecule has 26 heavy (non-hydrogen) atoms. The molecule has 1 aromatic heterocycles. The fourth-order valence-corrected chi connectivity index (χ4v) is 3.85. The van der Waals surface area contributed by atoms with Crippen LogP contribution in [0.4, 0.5) is 13.2 Å². The summed E-state index contributed by atoms with van der Waals surface area (Å²) in [7, 11) is 0. The Kier molecular flexibility index (Phi) is 5.03. The standard InChI is InChI=1S/C19H14BrClF3NO/c1-11(15-7-6-14(20)9-16(15)21)18(26,19(22,23)24)13-8-12-4-2-3-5-17(12)25-10-13/h2-11,26H,1H3. The van der Waals surface area contributed by atoms with Gasteiger partial charge >= 0.3 is 6.18 Å². The van der Waals surface area contributed by atoms with Crippen molar-refractivity contribution in [3.63, 3.8) is 0 Å². The summed E-state index contributed by atoms with van der Waals surface area (Å²) in [5.74, 6) is -1.34. The molecule has 1 N–H and O–H groups in total. The molecular weight excluding hydrogens is 431 g/mol. The number of rotatable bonds is 3. The van der Waals surface area contributed by atoms with E-state index in [1.807, 2.05) is 0 Å². The zero-order chi connectivity index (χ0) is 19.1. The number of para-hydroxylation sites is 1. The Morgan fingerprint density at radius 2 is 1.81 bits per heavy atom. The number of hydrogen-bond acceptors (Lipinski definition) is 2. The van der Waals surface area contributed by atoms with Gasteiger partial charge in [-0.15, -0.1) is 0 Å². The third kappa shape index (κ3) is 3.21. The van der Waals surface area contributed by atoms with Gasteiger partial charge in [0.15, 0.2) is 5.60 Å². The summed E-state index contributed by atoms with van der Waals surface area (Å²) < 4.78 is 42.7. The van der Waals surface area contributed by atoms with Crippen LogP contribution in [0.5, 0.6) is 0 Å². The van der Waals surface area contributed by atoms with Gasteiger partial charge in [0, 0.05) is 32.6 Å². The number of nitrogens with zero attached hydrogens (tertiary/aromatic N) is 1. The molecule has 2 atom stereocenters. The maximum absolute atomic E-state index is 14.0. The fraction of sp³-hybridized carbons (Fsp3) is 0.211. The first kappa shape index (κ1) is 19.1. The SMILES string of the molecule is CC(c1ccc(Br)cc1Cl)C(O)(c1cnc2ccccc2c1)C(F)(F)F. The molecule has 1 heterocycles. The molecule has 3 aromatic rings. The second-order valence-electron chi connectivity index (χ2n) is 6.07. The predicted molar refractivity (Wildman–Crippen MR) is 99.3 cm³/mol. The molecule has 3 rings (SSSR count). The monoisotopic (exact) mass is 443 g/mol. The highest BCUT2D eigenvalue weighted by Crippen LogP contribution is 2.50. The third-order valence-electron chi connectivity index (χ3n) is 4.52. The van der Waals surface area contributed by atoms with Gasteiger partial charge in [0.25, 0.3) is 0 Å². The average Bonchev–Trinajstić information content (AvgIpc) is 2.59. The predicted octanol–water partition coefficient (Wildman–Crippen LogP) is 6.20. The highest BCUT2D eigenvalue weighted by molar-refractivity contribution is 9.10. The van der Waals surface area contributed by atoms with Gasteiger partial charge in [0.05, 0.1) is 5.52 Å². The molecule has 0 radical (unpaired) electrons. The minimum Gasteiger partial charge on any atom is -0.376 e. The molecule has 0 saturated carbocycles. The van der Waals surface area contributed by atoms with Gasteiger partial charge in [0.1, 0.15) is 0 Å². The Balaban J connectivity index is 2.19. The number of aromatic nitrogens is 1. The van der Waals surface area contributed by atoms with E-state index in [1.54, 1.807) is 30.3 Å². The van der Waals surface area contributed by atoms with Gasteiger partial charge in [0.2, 0.25) is 0 Å². The molecule has 0 amide bonds. The quantitative estimate of drug-likeness (QED) is 0.521.